The van der Waals surface area contributed by atoms with Crippen molar-refractivity contribution in [3.8, 4) is 0 Å². The lowest BCUT2D eigenvalue weighted by Crippen LogP contribution is -2.42. The first-order chi connectivity index (χ1) is 17.9. The second kappa shape index (κ2) is 12.1. The van der Waals surface area contributed by atoms with Gasteiger partial charge in [0.15, 0.2) is 0 Å². The number of primary amides is 1. The highest BCUT2D eigenvalue weighted by atomic mass is 16.2. The molecule has 10 nitrogen and oxygen atoms in total. The summed E-state index contributed by atoms with van der Waals surface area (Å²) >= 11 is 0. The fourth-order valence-corrected chi connectivity index (χ4v) is 4.40. The van der Waals surface area contributed by atoms with Crippen LogP contribution in [-0.4, -0.2) is 40.4 Å². The molecular weight excluding hydrogens is 468 g/mol. The van der Waals surface area contributed by atoms with E-state index in [0.29, 0.717) is 35.1 Å². The Morgan fingerprint density at radius 2 is 1.81 bits per heavy atom. The Morgan fingerprint density at radius 1 is 1.05 bits per heavy atom. The molecule has 0 spiro atoms. The van der Waals surface area contributed by atoms with Crippen molar-refractivity contribution in [3.05, 3.63) is 65.9 Å². The van der Waals surface area contributed by atoms with Gasteiger partial charge in [-0.25, -0.2) is 4.98 Å². The van der Waals surface area contributed by atoms with Gasteiger partial charge in [-0.05, 0) is 68.5 Å². The maximum atomic E-state index is 13.3. The average molecular weight is 503 g/mol. The first-order valence-electron chi connectivity index (χ1n) is 12.6. The summed E-state index contributed by atoms with van der Waals surface area (Å²) in [4.78, 5) is 33.4. The van der Waals surface area contributed by atoms with Crippen LogP contribution in [0.4, 0.5) is 28.8 Å². The Hall–Kier alpha value is -4.34. The predicted octanol–water partition coefficient (Wildman–Crippen LogP) is 3.88. The zero-order chi connectivity index (χ0) is 26.2. The molecule has 0 saturated heterocycles. The van der Waals surface area contributed by atoms with Crippen LogP contribution in [0.3, 0.4) is 0 Å². The SMILES string of the molecule is CCCNc1nc(Nc2ccc(C(N)=O)cc2)ncc1C(=O)N[C@H]1CCC[C@H](Nc2ccccc2N)C1. The third-order valence-electron chi connectivity index (χ3n) is 6.33. The van der Waals surface area contributed by atoms with E-state index in [0.717, 1.165) is 43.5 Å². The highest BCUT2D eigenvalue weighted by Gasteiger charge is 2.25. The number of hydrogen-bond acceptors (Lipinski definition) is 8. The molecule has 194 valence electrons. The molecule has 1 saturated carbocycles. The Kier molecular flexibility index (Phi) is 8.40. The van der Waals surface area contributed by atoms with Crippen LogP contribution in [0.2, 0.25) is 0 Å². The second-order valence-electron chi connectivity index (χ2n) is 9.21. The number of aromatic nitrogens is 2. The number of rotatable bonds is 10. The summed E-state index contributed by atoms with van der Waals surface area (Å²) in [5.41, 5.74) is 14.5. The Balaban J connectivity index is 1.43. The molecule has 1 fully saturated rings. The van der Waals surface area contributed by atoms with Crippen molar-refractivity contribution in [2.45, 2.75) is 51.1 Å². The minimum Gasteiger partial charge on any atom is -0.397 e. The summed E-state index contributed by atoms with van der Waals surface area (Å²) in [5, 5.41) is 13.0. The molecule has 2 aromatic carbocycles. The number of nitrogens with two attached hydrogens (primary N) is 2. The van der Waals surface area contributed by atoms with E-state index in [1.54, 1.807) is 24.3 Å². The number of nitrogens with zero attached hydrogens (tertiary/aromatic N) is 2. The number of benzene rings is 2. The van der Waals surface area contributed by atoms with Gasteiger partial charge in [-0.1, -0.05) is 19.1 Å². The lowest BCUT2D eigenvalue weighted by Gasteiger charge is -2.31. The van der Waals surface area contributed by atoms with Gasteiger partial charge in [-0.2, -0.15) is 4.98 Å². The van der Waals surface area contributed by atoms with Crippen molar-refractivity contribution in [2.75, 3.05) is 28.2 Å². The molecule has 2 atom stereocenters. The Morgan fingerprint density at radius 3 is 2.54 bits per heavy atom. The van der Waals surface area contributed by atoms with Gasteiger partial charge >= 0.3 is 0 Å². The molecule has 1 aromatic heterocycles. The van der Waals surface area contributed by atoms with Gasteiger partial charge in [0.25, 0.3) is 5.91 Å². The van der Waals surface area contributed by atoms with Gasteiger partial charge in [-0.3, -0.25) is 9.59 Å². The molecule has 0 radical (unpaired) electrons. The van der Waals surface area contributed by atoms with Crippen LogP contribution < -0.4 is 32.7 Å². The van der Waals surface area contributed by atoms with E-state index in [1.165, 1.54) is 6.20 Å². The van der Waals surface area contributed by atoms with Crippen molar-refractivity contribution >= 4 is 40.6 Å². The van der Waals surface area contributed by atoms with Gasteiger partial charge < -0.3 is 32.7 Å². The molecule has 10 heteroatoms. The number of carbonyl (C=O) groups is 2. The van der Waals surface area contributed by atoms with Gasteiger partial charge in [0, 0.05) is 36.1 Å². The van der Waals surface area contributed by atoms with Crippen LogP contribution in [0, 0.1) is 0 Å². The number of nitrogens with one attached hydrogen (secondary N) is 4. The van der Waals surface area contributed by atoms with Crippen LogP contribution in [0.25, 0.3) is 0 Å². The van der Waals surface area contributed by atoms with E-state index < -0.39 is 5.91 Å². The standard InChI is InChI=1S/C27H34N8O2/c1-2-14-30-25-21(16-31-27(35-25)34-18-12-10-17(11-13-18)24(29)36)26(37)33-20-7-5-6-19(15-20)32-23-9-4-3-8-22(23)28/h3-4,8-13,16,19-20,32H,2,5-7,14-15,28H2,1H3,(H2,29,36)(H,33,37)(H2,30,31,34,35)/t19-,20-/m0/s1. The van der Waals surface area contributed by atoms with Crippen molar-refractivity contribution in [2.24, 2.45) is 5.73 Å². The fourth-order valence-electron chi connectivity index (χ4n) is 4.40. The molecular formula is C27H34N8O2. The molecule has 1 heterocycles. The molecule has 2 amide bonds. The van der Waals surface area contributed by atoms with E-state index in [-0.39, 0.29) is 18.0 Å². The number of carbonyl (C=O) groups excluding carboxylic acids is 2. The maximum absolute atomic E-state index is 13.3. The monoisotopic (exact) mass is 502 g/mol. The Bertz CT molecular complexity index is 1230. The fraction of sp³-hybridized carbons (Fsp3) is 0.333. The molecule has 37 heavy (non-hydrogen) atoms. The van der Waals surface area contributed by atoms with Crippen molar-refractivity contribution in [1.82, 2.24) is 15.3 Å². The molecule has 8 N–H and O–H groups in total. The second-order valence-corrected chi connectivity index (χ2v) is 9.21. The van der Waals surface area contributed by atoms with Crippen LogP contribution in [0.1, 0.15) is 59.7 Å². The number of amides is 2. The third kappa shape index (κ3) is 6.87. The summed E-state index contributed by atoms with van der Waals surface area (Å²) in [5.74, 6) is 0.104. The molecule has 0 aliphatic heterocycles. The molecule has 3 aromatic rings. The molecule has 1 aliphatic rings. The Labute approximate surface area is 216 Å². The van der Waals surface area contributed by atoms with Gasteiger partial charge in [0.05, 0.1) is 11.4 Å². The highest BCUT2D eigenvalue weighted by molar-refractivity contribution is 5.99. The minimum atomic E-state index is -0.492. The zero-order valence-corrected chi connectivity index (χ0v) is 21.0. The van der Waals surface area contributed by atoms with Gasteiger partial charge in [0.1, 0.15) is 11.4 Å². The third-order valence-corrected chi connectivity index (χ3v) is 6.33. The van der Waals surface area contributed by atoms with Crippen molar-refractivity contribution < 1.29 is 9.59 Å². The first kappa shape index (κ1) is 25.7. The maximum Gasteiger partial charge on any atom is 0.256 e. The lowest BCUT2D eigenvalue weighted by molar-refractivity contribution is 0.0925. The van der Waals surface area contributed by atoms with E-state index >= 15 is 0 Å². The topological polar surface area (TPSA) is 160 Å². The normalized spacial score (nSPS) is 17.0. The van der Waals surface area contributed by atoms with E-state index in [9.17, 15) is 9.59 Å². The van der Waals surface area contributed by atoms with E-state index in [4.69, 9.17) is 11.5 Å². The summed E-state index contributed by atoms with van der Waals surface area (Å²) in [6.07, 6.45) is 6.15. The zero-order valence-electron chi connectivity index (χ0n) is 21.0. The lowest BCUT2D eigenvalue weighted by atomic mass is 9.90. The molecule has 4 rings (SSSR count). The number of para-hydroxylation sites is 2. The minimum absolute atomic E-state index is 0.0317. The van der Waals surface area contributed by atoms with Gasteiger partial charge in [0.2, 0.25) is 11.9 Å². The molecule has 0 bridgehead atoms. The van der Waals surface area contributed by atoms with Crippen LogP contribution in [-0.2, 0) is 0 Å². The largest absolute Gasteiger partial charge is 0.397 e. The molecule has 0 unspecified atom stereocenters. The van der Waals surface area contributed by atoms with Crippen molar-refractivity contribution in [1.29, 1.82) is 0 Å². The van der Waals surface area contributed by atoms with E-state index in [2.05, 4.69) is 31.2 Å². The summed E-state index contributed by atoms with van der Waals surface area (Å²) in [7, 11) is 0. The molecule has 1 aliphatic carbocycles. The van der Waals surface area contributed by atoms with Gasteiger partial charge in [-0.15, -0.1) is 0 Å². The summed E-state index contributed by atoms with van der Waals surface area (Å²) in [6, 6.07) is 14.7. The van der Waals surface area contributed by atoms with Crippen LogP contribution >= 0.6 is 0 Å². The van der Waals surface area contributed by atoms with Crippen LogP contribution in [0.5, 0.6) is 0 Å². The highest BCUT2D eigenvalue weighted by Crippen LogP contribution is 2.26. The number of anilines is 5. The summed E-state index contributed by atoms with van der Waals surface area (Å²) < 4.78 is 0. The first-order valence-corrected chi connectivity index (χ1v) is 12.6. The smallest absolute Gasteiger partial charge is 0.256 e. The van der Waals surface area contributed by atoms with Crippen LogP contribution in [0.15, 0.2) is 54.7 Å². The average Bonchev–Trinajstić information content (AvgIpc) is 2.89. The number of nitrogen functional groups attached to an aromatic ring is 1. The quantitative estimate of drug-likeness (QED) is 0.228. The van der Waals surface area contributed by atoms with Crippen molar-refractivity contribution in [3.63, 3.8) is 0 Å². The summed E-state index contributed by atoms with van der Waals surface area (Å²) in [6.45, 7) is 2.71. The number of hydrogen-bond donors (Lipinski definition) is 6. The van der Waals surface area contributed by atoms with E-state index in [1.807, 2.05) is 31.2 Å². The predicted molar refractivity (Wildman–Crippen MR) is 147 cm³/mol.